The molecule has 0 saturated carbocycles. The molecule has 2 atom stereocenters. The Morgan fingerprint density at radius 3 is 2.62 bits per heavy atom. The molecule has 1 aliphatic rings. The van der Waals surface area contributed by atoms with E-state index in [9.17, 15) is 0 Å². The van der Waals surface area contributed by atoms with Crippen LogP contribution in [-0.2, 0) is 4.74 Å². The molecule has 0 bridgehead atoms. The van der Waals surface area contributed by atoms with Crippen molar-refractivity contribution >= 4 is 0 Å². The average molecular weight is 172 g/mol. The molecule has 0 radical (unpaired) electrons. The summed E-state index contributed by atoms with van der Waals surface area (Å²) < 4.78 is 5.66. The Balaban J connectivity index is 2.09. The van der Waals surface area contributed by atoms with Crippen molar-refractivity contribution in [1.29, 1.82) is 0 Å². The number of rotatable bonds is 1. The van der Waals surface area contributed by atoms with Gasteiger partial charge in [-0.15, -0.1) is 6.42 Å². The molecule has 0 N–H and O–H groups in total. The predicted octanol–water partition coefficient (Wildman–Crippen LogP) is 2.54. The zero-order chi connectivity index (χ0) is 9.10. The SMILES string of the molecule is C#CC1CCC(c2ccccc2)O1. The summed E-state index contributed by atoms with van der Waals surface area (Å²) in [7, 11) is 0. The minimum absolute atomic E-state index is 0.0187. The lowest BCUT2D eigenvalue weighted by Crippen LogP contribution is -2.02. The maximum atomic E-state index is 5.66. The summed E-state index contributed by atoms with van der Waals surface area (Å²) in [6.45, 7) is 0. The second-order valence-corrected chi connectivity index (χ2v) is 3.27. The Labute approximate surface area is 78.7 Å². The van der Waals surface area contributed by atoms with Crippen molar-refractivity contribution in [3.05, 3.63) is 35.9 Å². The van der Waals surface area contributed by atoms with Crippen molar-refractivity contribution < 1.29 is 4.74 Å². The van der Waals surface area contributed by atoms with E-state index in [2.05, 4.69) is 18.1 Å². The van der Waals surface area contributed by atoms with E-state index in [0.717, 1.165) is 12.8 Å². The van der Waals surface area contributed by atoms with Crippen molar-refractivity contribution in [3.8, 4) is 12.3 Å². The Hall–Kier alpha value is -1.26. The average Bonchev–Trinajstić information content (AvgIpc) is 2.67. The van der Waals surface area contributed by atoms with Gasteiger partial charge >= 0.3 is 0 Å². The summed E-state index contributed by atoms with van der Waals surface area (Å²) in [5.41, 5.74) is 1.24. The molecular formula is C12H12O. The van der Waals surface area contributed by atoms with Crippen molar-refractivity contribution in [1.82, 2.24) is 0 Å². The Morgan fingerprint density at radius 1 is 1.23 bits per heavy atom. The van der Waals surface area contributed by atoms with Crippen molar-refractivity contribution in [3.63, 3.8) is 0 Å². The molecule has 1 aromatic carbocycles. The Morgan fingerprint density at radius 2 is 2.00 bits per heavy atom. The topological polar surface area (TPSA) is 9.23 Å². The lowest BCUT2D eigenvalue weighted by atomic mass is 10.1. The number of benzene rings is 1. The molecule has 1 heterocycles. The van der Waals surface area contributed by atoms with Crippen LogP contribution < -0.4 is 0 Å². The van der Waals surface area contributed by atoms with Gasteiger partial charge in [0.15, 0.2) is 0 Å². The van der Waals surface area contributed by atoms with Crippen LogP contribution in [0.4, 0.5) is 0 Å². The smallest absolute Gasteiger partial charge is 0.118 e. The summed E-state index contributed by atoms with van der Waals surface area (Å²) in [4.78, 5) is 0. The molecule has 1 aromatic rings. The minimum atomic E-state index is 0.0187. The van der Waals surface area contributed by atoms with E-state index in [1.807, 2.05) is 18.2 Å². The molecule has 0 aliphatic carbocycles. The van der Waals surface area contributed by atoms with Crippen LogP contribution in [0.15, 0.2) is 30.3 Å². The predicted molar refractivity (Wildman–Crippen MR) is 52.1 cm³/mol. The van der Waals surface area contributed by atoms with Crippen molar-refractivity contribution in [2.45, 2.75) is 25.0 Å². The van der Waals surface area contributed by atoms with Crippen LogP contribution in [-0.4, -0.2) is 6.10 Å². The van der Waals surface area contributed by atoms with Crippen molar-refractivity contribution in [2.24, 2.45) is 0 Å². The van der Waals surface area contributed by atoms with E-state index >= 15 is 0 Å². The lowest BCUT2D eigenvalue weighted by Gasteiger charge is -2.09. The zero-order valence-corrected chi connectivity index (χ0v) is 7.44. The van der Waals surface area contributed by atoms with Crippen LogP contribution >= 0.6 is 0 Å². The third kappa shape index (κ3) is 1.74. The van der Waals surface area contributed by atoms with Gasteiger partial charge in [0.2, 0.25) is 0 Å². The molecular weight excluding hydrogens is 160 g/mol. The number of hydrogen-bond donors (Lipinski definition) is 0. The van der Waals surface area contributed by atoms with E-state index in [1.165, 1.54) is 5.56 Å². The van der Waals surface area contributed by atoms with Crippen LogP contribution in [0.3, 0.4) is 0 Å². The molecule has 66 valence electrons. The Kier molecular flexibility index (Phi) is 2.33. The monoisotopic (exact) mass is 172 g/mol. The largest absolute Gasteiger partial charge is 0.358 e. The molecule has 0 spiro atoms. The molecule has 2 rings (SSSR count). The maximum Gasteiger partial charge on any atom is 0.118 e. The van der Waals surface area contributed by atoms with Crippen LogP contribution in [0.2, 0.25) is 0 Å². The fourth-order valence-corrected chi connectivity index (χ4v) is 1.67. The first kappa shape index (κ1) is 8.34. The normalized spacial score (nSPS) is 27.0. The van der Waals surface area contributed by atoms with Gasteiger partial charge in [0, 0.05) is 0 Å². The summed E-state index contributed by atoms with van der Waals surface area (Å²) >= 11 is 0. The van der Waals surface area contributed by atoms with Gasteiger partial charge in [0.05, 0.1) is 6.10 Å². The van der Waals surface area contributed by atoms with Crippen molar-refractivity contribution in [2.75, 3.05) is 0 Å². The van der Waals surface area contributed by atoms with Crippen LogP contribution in [0.25, 0.3) is 0 Å². The molecule has 1 nitrogen and oxygen atoms in total. The molecule has 1 aliphatic heterocycles. The third-order valence-corrected chi connectivity index (χ3v) is 2.38. The van der Waals surface area contributed by atoms with Gasteiger partial charge in [-0.3, -0.25) is 0 Å². The first-order valence-electron chi connectivity index (χ1n) is 4.56. The van der Waals surface area contributed by atoms with Crippen LogP contribution in [0.1, 0.15) is 24.5 Å². The molecule has 1 saturated heterocycles. The fourth-order valence-electron chi connectivity index (χ4n) is 1.67. The van der Waals surface area contributed by atoms with Gasteiger partial charge in [-0.05, 0) is 18.4 Å². The van der Waals surface area contributed by atoms with E-state index in [0.29, 0.717) is 0 Å². The van der Waals surface area contributed by atoms with E-state index < -0.39 is 0 Å². The highest BCUT2D eigenvalue weighted by Crippen LogP contribution is 2.31. The van der Waals surface area contributed by atoms with E-state index in [-0.39, 0.29) is 12.2 Å². The van der Waals surface area contributed by atoms with Crippen LogP contribution in [0.5, 0.6) is 0 Å². The number of ether oxygens (including phenoxy) is 1. The summed E-state index contributed by atoms with van der Waals surface area (Å²) in [6.07, 6.45) is 7.55. The fraction of sp³-hybridized carbons (Fsp3) is 0.333. The maximum absolute atomic E-state index is 5.66. The first-order valence-corrected chi connectivity index (χ1v) is 4.56. The van der Waals surface area contributed by atoms with Gasteiger partial charge < -0.3 is 4.74 Å². The second-order valence-electron chi connectivity index (χ2n) is 3.27. The molecule has 13 heavy (non-hydrogen) atoms. The molecule has 0 aromatic heterocycles. The first-order chi connectivity index (χ1) is 6.40. The number of terminal acetylenes is 1. The van der Waals surface area contributed by atoms with Gasteiger partial charge in [0.1, 0.15) is 6.10 Å². The van der Waals surface area contributed by atoms with Gasteiger partial charge in [0.25, 0.3) is 0 Å². The van der Waals surface area contributed by atoms with Gasteiger partial charge in [-0.1, -0.05) is 36.3 Å². The zero-order valence-electron chi connectivity index (χ0n) is 7.44. The standard InChI is InChI=1S/C12H12O/c1-2-11-8-9-12(13-11)10-6-4-3-5-7-10/h1,3-7,11-12H,8-9H2. The van der Waals surface area contributed by atoms with E-state index in [4.69, 9.17) is 11.2 Å². The van der Waals surface area contributed by atoms with Gasteiger partial charge in [-0.2, -0.15) is 0 Å². The second kappa shape index (κ2) is 3.64. The molecule has 1 fully saturated rings. The molecule has 0 amide bonds. The highest BCUT2D eigenvalue weighted by Gasteiger charge is 2.24. The molecule has 2 unspecified atom stereocenters. The highest BCUT2D eigenvalue weighted by atomic mass is 16.5. The quantitative estimate of drug-likeness (QED) is 0.591. The summed E-state index contributed by atoms with van der Waals surface area (Å²) in [5.74, 6) is 2.64. The minimum Gasteiger partial charge on any atom is -0.358 e. The highest BCUT2D eigenvalue weighted by molar-refractivity contribution is 5.19. The Bertz CT molecular complexity index is 310. The lowest BCUT2D eigenvalue weighted by molar-refractivity contribution is 0.0762. The molecule has 1 heteroatoms. The number of hydrogen-bond acceptors (Lipinski definition) is 1. The van der Waals surface area contributed by atoms with Crippen LogP contribution in [0, 0.1) is 12.3 Å². The van der Waals surface area contributed by atoms with E-state index in [1.54, 1.807) is 0 Å². The summed E-state index contributed by atoms with van der Waals surface area (Å²) in [6, 6.07) is 10.2. The third-order valence-electron chi connectivity index (χ3n) is 2.38. The summed E-state index contributed by atoms with van der Waals surface area (Å²) in [5, 5.41) is 0. The van der Waals surface area contributed by atoms with Gasteiger partial charge in [-0.25, -0.2) is 0 Å².